The number of hydrogen-bond donors (Lipinski definition) is 0. The fourth-order valence-corrected chi connectivity index (χ4v) is 19.9. The SMILES string of the molecule is CC(C)(C)c1ccc(-c2c3ccccc3c(-c3ccc4ccccc4c3)c3ccccc23)cc1.COc1ccc(-c2c3ccccc3c(-c3cccc4ccccc34)c3ccccc23)cc1.Cc1ccccc1-c1c2ccccc2c(-c2ccc3ccccc3c2)c2ccccc12.c1ccc(-c2c3ccccc3c(-c3cccc4ccccc34)c3ccccc23)cc1. The van der Waals surface area contributed by atoms with Crippen LogP contribution in [0, 0.1) is 6.92 Å². The summed E-state index contributed by atoms with van der Waals surface area (Å²) >= 11 is 0. The van der Waals surface area contributed by atoms with Gasteiger partial charge in [-0.2, -0.15) is 0 Å². The van der Waals surface area contributed by atoms with E-state index < -0.39 is 0 Å². The molecule has 0 heterocycles. The number of hydrogen-bond acceptors (Lipinski definition) is 1. The van der Waals surface area contributed by atoms with Crippen LogP contribution in [-0.4, -0.2) is 7.11 Å². The second-order valence-corrected chi connectivity index (χ2v) is 34.3. The maximum atomic E-state index is 5.40. The van der Waals surface area contributed by atoms with E-state index >= 15 is 0 Å². The van der Waals surface area contributed by atoms with Crippen LogP contribution in [0.25, 0.3) is 218 Å². The van der Waals surface area contributed by atoms with Crippen molar-refractivity contribution in [3.63, 3.8) is 0 Å². The summed E-state index contributed by atoms with van der Waals surface area (Å²) in [4.78, 5) is 0. The van der Waals surface area contributed by atoms with E-state index in [1.54, 1.807) is 7.11 Å². The summed E-state index contributed by atoms with van der Waals surface area (Å²) in [6.45, 7) is 9.01. The van der Waals surface area contributed by atoms with Gasteiger partial charge in [-0.25, -0.2) is 0 Å². The molecule has 0 radical (unpaired) electrons. The number of benzene rings is 24. The first kappa shape index (κ1) is 78.5. The molecule has 602 valence electrons. The van der Waals surface area contributed by atoms with Crippen molar-refractivity contribution >= 4 is 129 Å². The van der Waals surface area contributed by atoms with Gasteiger partial charge in [0.05, 0.1) is 7.11 Å². The topological polar surface area (TPSA) is 9.23 Å². The van der Waals surface area contributed by atoms with Crippen LogP contribution >= 0.6 is 0 Å². The third-order valence-corrected chi connectivity index (χ3v) is 25.8. The quantitative estimate of drug-likeness (QED) is 0.131. The number of rotatable bonds is 9. The molecular weight excluding hydrogens is 1530 g/mol. The lowest BCUT2D eigenvalue weighted by Gasteiger charge is -2.21. The largest absolute Gasteiger partial charge is 0.497 e. The number of ether oxygens (including phenoxy) is 1. The highest BCUT2D eigenvalue weighted by Gasteiger charge is 2.24. The van der Waals surface area contributed by atoms with E-state index in [2.05, 4.69) is 483 Å². The van der Waals surface area contributed by atoms with Crippen molar-refractivity contribution in [2.24, 2.45) is 0 Å². The van der Waals surface area contributed by atoms with E-state index in [4.69, 9.17) is 4.74 Å². The first-order chi connectivity index (χ1) is 62.6. The molecule has 0 N–H and O–H groups in total. The summed E-state index contributed by atoms with van der Waals surface area (Å²) in [6, 6.07) is 169. The molecule has 127 heavy (non-hydrogen) atoms. The van der Waals surface area contributed by atoms with Crippen LogP contribution in [-0.2, 0) is 5.41 Å². The number of aryl methyl sites for hydroxylation is 1. The Hall–Kier alpha value is -15.8. The van der Waals surface area contributed by atoms with Crippen molar-refractivity contribution in [2.75, 3.05) is 7.11 Å². The monoisotopic (exact) mass is 1620 g/mol. The molecule has 0 aliphatic carbocycles. The van der Waals surface area contributed by atoms with Crippen molar-refractivity contribution < 1.29 is 4.74 Å². The van der Waals surface area contributed by atoms with Gasteiger partial charge in [-0.1, -0.05) is 464 Å². The molecule has 0 unspecified atom stereocenters. The Labute approximate surface area is 742 Å². The molecule has 0 aliphatic heterocycles. The Balaban J connectivity index is 0.000000103. The second-order valence-electron chi connectivity index (χ2n) is 34.3. The van der Waals surface area contributed by atoms with E-state index in [-0.39, 0.29) is 5.41 Å². The average molecular weight is 1620 g/mol. The van der Waals surface area contributed by atoms with E-state index in [1.165, 1.54) is 229 Å². The standard InChI is InChI=1S/C34H28.C31H22O.C31H22.C30H20/c1-34(2,3)27-20-18-24(19-21-27)32-28-12-6-8-14-30(28)33(31-15-9-7-13-29(31)32)26-17-16-23-10-4-5-11-25(23)22-26;1-32-23-19-17-22(18-20-23)30-26-12-4-6-14-28(26)31(29-15-7-5-13-27(29)30)25-16-8-10-21-9-2-3-11-24(21)25;1-21-10-2-5-13-25(21)31-28-16-8-6-14-26(28)30(27-15-7-9-17-29(27)31)24-19-18-22-11-3-4-12-23(22)20-24;1-2-12-22(13-3-1)29-25-16-6-8-18-27(25)30(28-19-9-7-17-26(28)29)24-20-10-14-21-11-4-5-15-23(21)24/h4-22H,1-3H3;2-20H,1H3;2-20H,1H3;1-20H. The van der Waals surface area contributed by atoms with Gasteiger partial charge >= 0.3 is 0 Å². The van der Waals surface area contributed by atoms with E-state index in [0.29, 0.717) is 0 Å². The second kappa shape index (κ2) is 33.8. The summed E-state index contributed by atoms with van der Waals surface area (Å²) < 4.78 is 5.40. The molecule has 24 aromatic carbocycles. The molecule has 24 aromatic rings. The first-order valence-electron chi connectivity index (χ1n) is 44.1. The average Bonchev–Trinajstić information content (AvgIpc) is 0.744. The van der Waals surface area contributed by atoms with Crippen molar-refractivity contribution in [1.82, 2.24) is 0 Å². The van der Waals surface area contributed by atoms with Crippen LogP contribution in [0.2, 0.25) is 0 Å². The van der Waals surface area contributed by atoms with Gasteiger partial charge in [-0.15, -0.1) is 0 Å². The van der Waals surface area contributed by atoms with E-state index in [9.17, 15) is 0 Å². The Morgan fingerprint density at radius 2 is 0.394 bits per heavy atom. The van der Waals surface area contributed by atoms with Crippen molar-refractivity contribution in [2.45, 2.75) is 33.1 Å². The Morgan fingerprint density at radius 3 is 0.717 bits per heavy atom. The van der Waals surface area contributed by atoms with E-state index in [0.717, 1.165) is 5.75 Å². The molecule has 0 aromatic heterocycles. The van der Waals surface area contributed by atoms with Gasteiger partial charge in [0.2, 0.25) is 0 Å². The number of fused-ring (bicyclic) bond motifs is 12. The molecular formula is C126H92O. The summed E-state index contributed by atoms with van der Waals surface area (Å²) in [6.07, 6.45) is 0. The zero-order valence-corrected chi connectivity index (χ0v) is 71.9. The highest BCUT2D eigenvalue weighted by atomic mass is 16.5. The van der Waals surface area contributed by atoms with Gasteiger partial charge in [0.15, 0.2) is 0 Å². The summed E-state index contributed by atoms with van der Waals surface area (Å²) in [5.74, 6) is 0.870. The highest BCUT2D eigenvalue weighted by molar-refractivity contribution is 6.27. The summed E-state index contributed by atoms with van der Waals surface area (Å²) in [7, 11) is 1.71. The molecule has 0 spiro atoms. The Morgan fingerprint density at radius 1 is 0.165 bits per heavy atom. The van der Waals surface area contributed by atoms with Crippen LogP contribution in [0.5, 0.6) is 5.75 Å². The van der Waals surface area contributed by atoms with Gasteiger partial charge in [-0.05, 0) is 266 Å². The molecule has 0 bridgehead atoms. The lowest BCUT2D eigenvalue weighted by molar-refractivity contribution is 0.415. The normalized spacial score (nSPS) is 11.5. The fraction of sp³-hybridized carbons (Fsp3) is 0.0476. The molecule has 1 nitrogen and oxygen atoms in total. The zero-order valence-electron chi connectivity index (χ0n) is 71.9. The van der Waals surface area contributed by atoms with Crippen LogP contribution in [0.15, 0.2) is 467 Å². The van der Waals surface area contributed by atoms with Crippen LogP contribution in [0.3, 0.4) is 0 Å². The van der Waals surface area contributed by atoms with Crippen LogP contribution in [0.1, 0.15) is 31.9 Å². The Kier molecular flexibility index (Phi) is 20.9. The molecule has 0 aliphatic rings. The third kappa shape index (κ3) is 14.6. The van der Waals surface area contributed by atoms with Crippen molar-refractivity contribution in [1.29, 1.82) is 0 Å². The molecule has 1 heteroatoms. The third-order valence-electron chi connectivity index (χ3n) is 25.8. The predicted octanol–water partition coefficient (Wildman–Crippen LogP) is 35.5. The van der Waals surface area contributed by atoms with Gasteiger partial charge in [0.25, 0.3) is 0 Å². The van der Waals surface area contributed by atoms with Gasteiger partial charge in [0, 0.05) is 0 Å². The molecule has 0 saturated heterocycles. The first-order valence-corrected chi connectivity index (χ1v) is 44.1. The van der Waals surface area contributed by atoms with Gasteiger partial charge in [0.1, 0.15) is 5.75 Å². The maximum absolute atomic E-state index is 5.40. The smallest absolute Gasteiger partial charge is 0.118 e. The maximum Gasteiger partial charge on any atom is 0.118 e. The fourth-order valence-electron chi connectivity index (χ4n) is 19.9. The minimum Gasteiger partial charge on any atom is -0.497 e. The lowest BCUT2D eigenvalue weighted by Crippen LogP contribution is -2.10. The van der Waals surface area contributed by atoms with Crippen molar-refractivity contribution in [3.05, 3.63) is 478 Å². The van der Waals surface area contributed by atoms with Crippen LogP contribution < -0.4 is 4.74 Å². The number of methoxy groups -OCH3 is 1. The molecule has 0 amide bonds. The molecule has 24 rings (SSSR count). The van der Waals surface area contributed by atoms with E-state index in [1.807, 2.05) is 12.1 Å². The minimum atomic E-state index is 0.141. The zero-order chi connectivity index (χ0) is 85.5. The molecule has 0 atom stereocenters. The van der Waals surface area contributed by atoms with Crippen molar-refractivity contribution in [3.8, 4) is 94.8 Å². The molecule has 0 fully saturated rings. The predicted molar refractivity (Wildman–Crippen MR) is 549 cm³/mol. The van der Waals surface area contributed by atoms with Gasteiger partial charge in [-0.3, -0.25) is 0 Å². The lowest BCUT2D eigenvalue weighted by atomic mass is 9.83. The van der Waals surface area contributed by atoms with Crippen LogP contribution in [0.4, 0.5) is 0 Å². The Bertz CT molecular complexity index is 8100. The minimum absolute atomic E-state index is 0.141. The molecule has 0 saturated carbocycles. The highest BCUT2D eigenvalue weighted by Crippen LogP contribution is 2.51. The summed E-state index contributed by atoms with van der Waals surface area (Å²) in [5.41, 5.74) is 23.4. The summed E-state index contributed by atoms with van der Waals surface area (Å²) in [5, 5.41) is 30.9. The van der Waals surface area contributed by atoms with Gasteiger partial charge < -0.3 is 4.74 Å².